The van der Waals surface area contributed by atoms with Crippen LogP contribution in [0.25, 0.3) is 21.8 Å². The number of rotatable bonds is 3. The fourth-order valence-corrected chi connectivity index (χ4v) is 3.06. The summed E-state index contributed by atoms with van der Waals surface area (Å²) in [5, 5.41) is 9.39. The Bertz CT molecular complexity index is 1000. The minimum atomic E-state index is 0.0141. The Kier molecular flexibility index (Phi) is 5.01. The Morgan fingerprint density at radius 2 is 1.59 bits per heavy atom. The lowest BCUT2D eigenvalue weighted by atomic mass is 9.79. The van der Waals surface area contributed by atoms with Crippen molar-refractivity contribution in [2.24, 2.45) is 0 Å². The van der Waals surface area contributed by atoms with Crippen molar-refractivity contribution in [2.45, 2.75) is 25.7 Å². The Morgan fingerprint density at radius 1 is 1.00 bits per heavy atom. The van der Waals surface area contributed by atoms with E-state index in [1.165, 1.54) is 0 Å². The zero-order valence-corrected chi connectivity index (χ0v) is 15.4. The minimum absolute atomic E-state index is 0.0141. The second-order valence-corrected chi connectivity index (χ2v) is 7.11. The Morgan fingerprint density at radius 3 is 2.22 bits per heavy atom. The van der Waals surface area contributed by atoms with Crippen LogP contribution in [0.5, 0.6) is 11.5 Å². The van der Waals surface area contributed by atoms with Gasteiger partial charge in [0.2, 0.25) is 0 Å². The molecule has 4 nitrogen and oxygen atoms in total. The highest BCUT2D eigenvalue weighted by molar-refractivity contribution is 5.70. The topological polar surface area (TPSA) is 38.2 Å². The van der Waals surface area contributed by atoms with E-state index in [-0.39, 0.29) is 22.6 Å². The molecule has 1 N–H and O–H groups in total. The Labute approximate surface area is 159 Å². The molecule has 0 atom stereocenters. The van der Waals surface area contributed by atoms with Gasteiger partial charge < -0.3 is 9.84 Å². The monoisotopic (exact) mass is 356 g/mol. The van der Waals surface area contributed by atoms with Gasteiger partial charge in [-0.15, -0.1) is 0 Å². The summed E-state index contributed by atoms with van der Waals surface area (Å²) in [4.78, 5) is 7.10. The molecule has 0 bridgehead atoms. The van der Waals surface area contributed by atoms with Gasteiger partial charge in [0.25, 0.3) is 0 Å². The molecular weight excluding hydrogens is 336 g/mol. The third kappa shape index (κ3) is 4.02. The first-order valence-electron chi connectivity index (χ1n) is 8.68. The molecule has 0 aromatic heterocycles. The van der Waals surface area contributed by atoms with Crippen LogP contribution in [0.1, 0.15) is 37.0 Å². The summed E-state index contributed by atoms with van der Waals surface area (Å²) in [5.41, 5.74) is 3.32. The van der Waals surface area contributed by atoms with E-state index in [9.17, 15) is 5.11 Å². The maximum Gasteiger partial charge on any atom is 0.195 e. The summed E-state index contributed by atoms with van der Waals surface area (Å²) in [6.45, 7) is 20.1. The average molecular weight is 356 g/mol. The molecule has 1 aliphatic heterocycles. The zero-order chi connectivity index (χ0) is 19.4. The van der Waals surface area contributed by atoms with E-state index >= 15 is 0 Å². The van der Waals surface area contributed by atoms with Crippen molar-refractivity contribution < 1.29 is 9.84 Å². The summed E-state index contributed by atoms with van der Waals surface area (Å²) in [5.74, 6) is 1.05. The first-order valence-corrected chi connectivity index (χ1v) is 8.68. The highest BCUT2D eigenvalue weighted by Crippen LogP contribution is 2.39. The third-order valence-electron chi connectivity index (χ3n) is 4.72. The molecule has 2 aromatic carbocycles. The van der Waals surface area contributed by atoms with Crippen molar-refractivity contribution in [3.63, 3.8) is 0 Å². The molecule has 1 aliphatic rings. The first kappa shape index (κ1) is 18.3. The first-order chi connectivity index (χ1) is 12.9. The SMILES string of the molecule is [C-]#[N+]C(=C\c1ccc(O)cc1)/C(=C/c1ccc2c(c1)C(C)(C)CCO2)[N+]#[C-]. The predicted octanol–water partition coefficient (Wildman–Crippen LogP) is 5.67. The van der Waals surface area contributed by atoms with Crippen LogP contribution in [-0.4, -0.2) is 11.7 Å². The van der Waals surface area contributed by atoms with Crippen LogP contribution in [0, 0.1) is 13.1 Å². The minimum Gasteiger partial charge on any atom is -0.508 e. The van der Waals surface area contributed by atoms with E-state index in [0.29, 0.717) is 6.61 Å². The van der Waals surface area contributed by atoms with Gasteiger partial charge in [0, 0.05) is 5.56 Å². The van der Waals surface area contributed by atoms with Gasteiger partial charge >= 0.3 is 0 Å². The van der Waals surface area contributed by atoms with Crippen molar-refractivity contribution >= 4 is 12.2 Å². The number of hydrogen-bond donors (Lipinski definition) is 1. The summed E-state index contributed by atoms with van der Waals surface area (Å²) >= 11 is 0. The molecule has 134 valence electrons. The van der Waals surface area contributed by atoms with Crippen LogP contribution in [0.4, 0.5) is 0 Å². The van der Waals surface area contributed by atoms with Crippen LogP contribution in [-0.2, 0) is 5.41 Å². The van der Waals surface area contributed by atoms with Gasteiger partial charge in [-0.2, -0.15) is 0 Å². The highest BCUT2D eigenvalue weighted by atomic mass is 16.5. The van der Waals surface area contributed by atoms with Crippen LogP contribution >= 0.6 is 0 Å². The molecule has 1 heterocycles. The van der Waals surface area contributed by atoms with Crippen molar-refractivity contribution in [1.29, 1.82) is 0 Å². The van der Waals surface area contributed by atoms with E-state index in [0.717, 1.165) is 28.9 Å². The lowest BCUT2D eigenvalue weighted by Gasteiger charge is -2.32. The summed E-state index contributed by atoms with van der Waals surface area (Å²) in [6.07, 6.45) is 4.33. The number of fused-ring (bicyclic) bond motifs is 1. The number of hydrogen-bond acceptors (Lipinski definition) is 2. The Hall–Kier alpha value is -3.50. The second-order valence-electron chi connectivity index (χ2n) is 7.11. The van der Waals surface area contributed by atoms with E-state index in [4.69, 9.17) is 17.9 Å². The molecular formula is C23H20N2O2. The van der Waals surface area contributed by atoms with Crippen LogP contribution in [0.3, 0.4) is 0 Å². The molecule has 0 amide bonds. The molecule has 0 fully saturated rings. The normalized spacial score (nSPS) is 15.9. The van der Waals surface area contributed by atoms with E-state index in [1.54, 1.807) is 36.4 Å². The van der Waals surface area contributed by atoms with Gasteiger partial charge in [-0.3, -0.25) is 9.69 Å². The molecule has 4 heteroatoms. The lowest BCUT2D eigenvalue weighted by molar-refractivity contribution is 0.234. The van der Waals surface area contributed by atoms with Crippen molar-refractivity contribution in [3.8, 4) is 11.5 Å². The van der Waals surface area contributed by atoms with E-state index in [2.05, 4.69) is 23.5 Å². The van der Waals surface area contributed by atoms with E-state index < -0.39 is 0 Å². The fourth-order valence-electron chi connectivity index (χ4n) is 3.06. The summed E-state index contributed by atoms with van der Waals surface area (Å²) in [6, 6.07) is 12.4. The van der Waals surface area contributed by atoms with Crippen LogP contribution in [0.15, 0.2) is 53.9 Å². The van der Waals surface area contributed by atoms with Crippen LogP contribution < -0.4 is 4.74 Å². The fraction of sp³-hybridized carbons (Fsp3) is 0.217. The third-order valence-corrected chi connectivity index (χ3v) is 4.72. The molecule has 0 spiro atoms. The van der Waals surface area contributed by atoms with Gasteiger partial charge in [0.05, 0.1) is 19.8 Å². The molecule has 3 rings (SSSR count). The molecule has 0 radical (unpaired) electrons. The standard InChI is InChI=1S/C23H20N2O2/c1-23(2)11-12-27-22-10-7-17(13-19(22)23)15-21(25-4)20(24-3)14-16-5-8-18(26)9-6-16/h5-10,13-15,26H,11-12H2,1-2H3/b20-14-,21-15-. The lowest BCUT2D eigenvalue weighted by Crippen LogP contribution is -2.26. The molecule has 27 heavy (non-hydrogen) atoms. The molecule has 2 aromatic rings. The molecule has 0 saturated carbocycles. The number of aromatic hydroxyl groups is 1. The van der Waals surface area contributed by atoms with E-state index in [1.807, 2.05) is 18.2 Å². The summed E-state index contributed by atoms with van der Waals surface area (Å²) < 4.78 is 5.74. The number of ether oxygens (including phenoxy) is 1. The maximum absolute atomic E-state index is 9.39. The maximum atomic E-state index is 9.39. The van der Waals surface area contributed by atoms with Crippen LogP contribution in [0.2, 0.25) is 0 Å². The number of phenols is 1. The smallest absolute Gasteiger partial charge is 0.195 e. The second kappa shape index (κ2) is 7.40. The van der Waals surface area contributed by atoms with Gasteiger partial charge in [-0.05, 0) is 47.2 Å². The molecule has 0 unspecified atom stereocenters. The van der Waals surface area contributed by atoms with Gasteiger partial charge in [-0.25, -0.2) is 0 Å². The predicted molar refractivity (Wildman–Crippen MR) is 107 cm³/mol. The quantitative estimate of drug-likeness (QED) is 0.568. The molecule has 0 saturated heterocycles. The van der Waals surface area contributed by atoms with Crippen molar-refractivity contribution in [1.82, 2.24) is 0 Å². The average Bonchev–Trinajstić information content (AvgIpc) is 2.66. The molecule has 0 aliphatic carbocycles. The number of nitrogens with zero attached hydrogens (tertiary/aromatic N) is 2. The highest BCUT2D eigenvalue weighted by Gasteiger charge is 2.28. The number of phenolic OH excluding ortho intramolecular Hbond substituents is 1. The van der Waals surface area contributed by atoms with Gasteiger partial charge in [0.15, 0.2) is 11.4 Å². The van der Waals surface area contributed by atoms with Crippen molar-refractivity contribution in [3.05, 3.63) is 93.4 Å². The number of benzene rings is 2. The Balaban J connectivity index is 2.00. The zero-order valence-electron chi connectivity index (χ0n) is 15.4. The van der Waals surface area contributed by atoms with Gasteiger partial charge in [0.1, 0.15) is 11.5 Å². The van der Waals surface area contributed by atoms with Gasteiger partial charge in [-0.1, -0.05) is 44.2 Å². The largest absolute Gasteiger partial charge is 0.508 e. The summed E-state index contributed by atoms with van der Waals surface area (Å²) in [7, 11) is 0. The van der Waals surface area contributed by atoms with Crippen molar-refractivity contribution in [2.75, 3.05) is 6.61 Å².